The van der Waals surface area contributed by atoms with E-state index in [2.05, 4.69) is 10.6 Å². The van der Waals surface area contributed by atoms with Gasteiger partial charge in [0, 0.05) is 18.2 Å². The van der Waals surface area contributed by atoms with E-state index in [1.165, 1.54) is 0 Å². The molecule has 2 unspecified atom stereocenters. The van der Waals surface area contributed by atoms with Crippen molar-refractivity contribution in [2.75, 3.05) is 6.61 Å². The third-order valence-corrected chi connectivity index (χ3v) is 3.45. The fraction of sp³-hybridized carbons (Fsp3) is 0.667. The Balaban J connectivity index is 2.59. The third kappa shape index (κ3) is 4.56. The quantitative estimate of drug-likeness (QED) is 0.751. The maximum atomic E-state index is 12.0. The second kappa shape index (κ2) is 7.33. The van der Waals surface area contributed by atoms with Crippen LogP contribution >= 0.6 is 0 Å². The van der Waals surface area contributed by atoms with Crippen molar-refractivity contribution in [3.63, 3.8) is 0 Å². The third-order valence-electron chi connectivity index (χ3n) is 3.45. The zero-order chi connectivity index (χ0) is 15.3. The minimum absolute atomic E-state index is 0.0283. The molecule has 0 spiro atoms. The summed E-state index contributed by atoms with van der Waals surface area (Å²) in [7, 11) is 0. The number of carbonyl (C=O) groups is 1. The van der Waals surface area contributed by atoms with Crippen molar-refractivity contribution in [2.24, 2.45) is 5.92 Å². The number of hydrogen-bond donors (Lipinski definition) is 3. The van der Waals surface area contributed by atoms with Gasteiger partial charge in [0.25, 0.3) is 0 Å². The lowest BCUT2D eigenvalue weighted by molar-refractivity contribution is 0.216. The second-order valence-corrected chi connectivity index (χ2v) is 5.57. The highest BCUT2D eigenvalue weighted by Crippen LogP contribution is 2.21. The second-order valence-electron chi connectivity index (χ2n) is 5.57. The number of rotatable bonds is 6. The summed E-state index contributed by atoms with van der Waals surface area (Å²) in [6.07, 6.45) is 0.559. The Morgan fingerprint density at radius 3 is 2.40 bits per heavy atom. The molecule has 0 aliphatic heterocycles. The van der Waals surface area contributed by atoms with Crippen LogP contribution in [-0.4, -0.2) is 23.8 Å². The minimum Gasteiger partial charge on any atom is -0.466 e. The van der Waals surface area contributed by atoms with Crippen LogP contribution in [-0.2, 0) is 0 Å². The zero-order valence-corrected chi connectivity index (χ0v) is 13.0. The largest absolute Gasteiger partial charge is 0.466 e. The first-order chi connectivity index (χ1) is 9.35. The number of aliphatic hydroxyl groups excluding tert-OH is 1. The van der Waals surface area contributed by atoms with Gasteiger partial charge in [0.05, 0.1) is 6.04 Å². The number of carbonyl (C=O) groups excluding carboxylic acids is 1. The van der Waals surface area contributed by atoms with Gasteiger partial charge in [-0.2, -0.15) is 0 Å². The van der Waals surface area contributed by atoms with Gasteiger partial charge in [0.2, 0.25) is 0 Å². The zero-order valence-electron chi connectivity index (χ0n) is 13.0. The van der Waals surface area contributed by atoms with E-state index in [-0.39, 0.29) is 30.6 Å². The molecule has 2 amide bonds. The summed E-state index contributed by atoms with van der Waals surface area (Å²) in [4.78, 5) is 12.0. The molecule has 0 aromatic carbocycles. The van der Waals surface area contributed by atoms with E-state index in [9.17, 15) is 4.79 Å². The van der Waals surface area contributed by atoms with Gasteiger partial charge in [0.15, 0.2) is 0 Å². The monoisotopic (exact) mass is 282 g/mol. The van der Waals surface area contributed by atoms with Crippen LogP contribution in [0.4, 0.5) is 4.79 Å². The van der Waals surface area contributed by atoms with Crippen molar-refractivity contribution < 1.29 is 14.3 Å². The summed E-state index contributed by atoms with van der Waals surface area (Å²) in [6.45, 7) is 9.81. The molecule has 0 aliphatic carbocycles. The fourth-order valence-electron chi connectivity index (χ4n) is 2.28. The number of aryl methyl sites for hydroxylation is 2. The number of nitrogens with one attached hydrogen (secondary N) is 2. The van der Waals surface area contributed by atoms with E-state index in [4.69, 9.17) is 9.52 Å². The Kier molecular flexibility index (Phi) is 6.07. The van der Waals surface area contributed by atoms with Crippen LogP contribution in [0.25, 0.3) is 0 Å². The van der Waals surface area contributed by atoms with Gasteiger partial charge in [0.1, 0.15) is 11.5 Å². The van der Waals surface area contributed by atoms with E-state index in [1.807, 2.05) is 40.7 Å². The van der Waals surface area contributed by atoms with Gasteiger partial charge < -0.3 is 20.2 Å². The Morgan fingerprint density at radius 2 is 1.95 bits per heavy atom. The van der Waals surface area contributed by atoms with Crippen molar-refractivity contribution in [1.82, 2.24) is 10.6 Å². The van der Waals surface area contributed by atoms with Crippen LogP contribution in [0.15, 0.2) is 10.5 Å². The summed E-state index contributed by atoms with van der Waals surface area (Å²) in [5.41, 5.74) is 0.987. The molecular weight excluding hydrogens is 256 g/mol. The lowest BCUT2D eigenvalue weighted by Crippen LogP contribution is -2.45. The van der Waals surface area contributed by atoms with Crippen LogP contribution in [0, 0.1) is 19.8 Å². The molecule has 1 rings (SSSR count). The minimum atomic E-state index is -0.220. The molecule has 5 nitrogen and oxygen atoms in total. The normalized spacial score (nSPS) is 14.2. The lowest BCUT2D eigenvalue weighted by Gasteiger charge is -2.23. The molecule has 0 saturated carbocycles. The molecule has 0 radical (unpaired) electrons. The van der Waals surface area contributed by atoms with Crippen LogP contribution in [0.2, 0.25) is 0 Å². The average Bonchev–Trinajstić information content (AvgIpc) is 2.67. The van der Waals surface area contributed by atoms with Crippen LogP contribution in [0.3, 0.4) is 0 Å². The SMILES string of the molecule is Cc1cc(C(C)NC(=O)NC(CCO)C(C)C)c(C)o1. The topological polar surface area (TPSA) is 74.5 Å². The maximum Gasteiger partial charge on any atom is 0.315 e. The van der Waals surface area contributed by atoms with Gasteiger partial charge in [-0.15, -0.1) is 0 Å². The van der Waals surface area contributed by atoms with E-state index in [0.29, 0.717) is 6.42 Å². The number of hydrogen-bond acceptors (Lipinski definition) is 3. The van der Waals surface area contributed by atoms with E-state index in [1.54, 1.807) is 0 Å². The number of urea groups is 1. The fourth-order valence-corrected chi connectivity index (χ4v) is 2.28. The van der Waals surface area contributed by atoms with Crippen molar-refractivity contribution in [3.05, 3.63) is 23.2 Å². The predicted molar refractivity (Wildman–Crippen MR) is 78.6 cm³/mol. The molecular formula is C15H26N2O3. The average molecular weight is 282 g/mol. The van der Waals surface area contributed by atoms with Gasteiger partial charge >= 0.3 is 6.03 Å². The Morgan fingerprint density at radius 1 is 1.30 bits per heavy atom. The van der Waals surface area contributed by atoms with Crippen LogP contribution in [0.5, 0.6) is 0 Å². The Labute approximate surface area is 120 Å². The first-order valence-electron chi connectivity index (χ1n) is 7.10. The van der Waals surface area contributed by atoms with E-state index < -0.39 is 0 Å². The van der Waals surface area contributed by atoms with E-state index >= 15 is 0 Å². The summed E-state index contributed by atoms with van der Waals surface area (Å²) >= 11 is 0. The summed E-state index contributed by atoms with van der Waals surface area (Å²) in [5.74, 6) is 1.94. The molecule has 1 aromatic heterocycles. The molecule has 0 aliphatic rings. The van der Waals surface area contributed by atoms with Gasteiger partial charge in [-0.1, -0.05) is 13.8 Å². The number of aliphatic hydroxyl groups is 1. The number of amides is 2. The molecule has 0 bridgehead atoms. The summed E-state index contributed by atoms with van der Waals surface area (Å²) in [5, 5.41) is 14.8. The Hall–Kier alpha value is -1.49. The first kappa shape index (κ1) is 16.6. The molecule has 3 N–H and O–H groups in total. The van der Waals surface area contributed by atoms with Crippen molar-refractivity contribution in [1.29, 1.82) is 0 Å². The highest BCUT2D eigenvalue weighted by atomic mass is 16.3. The van der Waals surface area contributed by atoms with Crippen molar-refractivity contribution in [3.8, 4) is 0 Å². The molecule has 1 aromatic rings. The molecule has 0 fully saturated rings. The molecule has 5 heteroatoms. The molecule has 114 valence electrons. The highest BCUT2D eigenvalue weighted by Gasteiger charge is 2.19. The highest BCUT2D eigenvalue weighted by molar-refractivity contribution is 5.74. The predicted octanol–water partition coefficient (Wildman–Crippen LogP) is 2.66. The van der Waals surface area contributed by atoms with Gasteiger partial charge in [-0.3, -0.25) is 0 Å². The summed E-state index contributed by atoms with van der Waals surface area (Å²) < 4.78 is 5.47. The molecule has 1 heterocycles. The first-order valence-corrected chi connectivity index (χ1v) is 7.10. The van der Waals surface area contributed by atoms with Gasteiger partial charge in [-0.25, -0.2) is 4.79 Å². The van der Waals surface area contributed by atoms with Crippen LogP contribution < -0.4 is 10.6 Å². The Bertz CT molecular complexity index is 440. The lowest BCUT2D eigenvalue weighted by atomic mass is 10.0. The standard InChI is InChI=1S/C15H26N2O3/c1-9(2)14(6-7-18)17-15(19)16-11(4)13-8-10(3)20-12(13)5/h8-9,11,14,18H,6-7H2,1-5H3,(H2,16,17,19). The van der Waals surface area contributed by atoms with E-state index in [0.717, 1.165) is 17.1 Å². The smallest absolute Gasteiger partial charge is 0.315 e. The maximum absolute atomic E-state index is 12.0. The number of furan rings is 1. The van der Waals surface area contributed by atoms with Crippen molar-refractivity contribution in [2.45, 2.75) is 53.1 Å². The van der Waals surface area contributed by atoms with Gasteiger partial charge in [-0.05, 0) is 39.2 Å². The van der Waals surface area contributed by atoms with Crippen LogP contribution in [0.1, 0.15) is 50.3 Å². The summed E-state index contributed by atoms with van der Waals surface area (Å²) in [6, 6.07) is 1.57. The molecule has 2 atom stereocenters. The van der Waals surface area contributed by atoms with Crippen molar-refractivity contribution >= 4 is 6.03 Å². The molecule has 0 saturated heterocycles. The molecule has 20 heavy (non-hydrogen) atoms.